The van der Waals surface area contributed by atoms with Crippen molar-refractivity contribution in [3.63, 3.8) is 0 Å². The minimum atomic E-state index is 0.374. The van der Waals surface area contributed by atoms with E-state index in [4.69, 9.17) is 0 Å². The Labute approximate surface area is 124 Å². The molecule has 0 saturated carbocycles. The Morgan fingerprint density at radius 1 is 1.26 bits per heavy atom. The molecule has 1 unspecified atom stereocenters. The van der Waals surface area contributed by atoms with Crippen LogP contribution in [0.4, 0.5) is 0 Å². The van der Waals surface area contributed by atoms with Gasteiger partial charge in [0.25, 0.3) is 0 Å². The van der Waals surface area contributed by atoms with E-state index in [2.05, 4.69) is 61.6 Å². The van der Waals surface area contributed by atoms with Gasteiger partial charge < -0.3 is 14.8 Å². The molecule has 5 nitrogen and oxygen atoms in total. The number of hydrogen-bond donors (Lipinski definition) is 1. The van der Waals surface area contributed by atoms with E-state index in [1.54, 1.807) is 0 Å². The number of imidazole rings is 1. The quantitative estimate of drug-likeness (QED) is 0.894. The third-order valence-electron chi connectivity index (χ3n) is 4.01. The molecule has 0 spiro atoms. The molecule has 0 aliphatic carbocycles. The SMILES string of the molecule is CNCC(c1c(Br)nc(C)n1C)N1CCN(C)CC1. The molecule has 6 heteroatoms. The average Bonchev–Trinajstić information content (AvgIpc) is 2.62. The number of piperazine rings is 1. The van der Waals surface area contributed by atoms with Gasteiger partial charge in [0.05, 0.1) is 11.7 Å². The van der Waals surface area contributed by atoms with Crippen molar-refractivity contribution in [2.75, 3.05) is 46.8 Å². The lowest BCUT2D eigenvalue weighted by molar-refractivity contribution is 0.107. The molecule has 2 heterocycles. The molecule has 19 heavy (non-hydrogen) atoms. The van der Waals surface area contributed by atoms with Crippen molar-refractivity contribution in [3.05, 3.63) is 16.1 Å². The molecule has 1 N–H and O–H groups in total. The number of aryl methyl sites for hydroxylation is 1. The van der Waals surface area contributed by atoms with E-state index in [1.165, 1.54) is 5.69 Å². The molecule has 1 aliphatic heterocycles. The topological polar surface area (TPSA) is 36.3 Å². The summed E-state index contributed by atoms with van der Waals surface area (Å²) in [4.78, 5) is 9.48. The number of hydrogen-bond acceptors (Lipinski definition) is 4. The standard InChI is InChI=1S/C13H24BrN5/c1-10-16-13(14)12(18(10)4)11(9-15-2)19-7-5-17(3)6-8-19/h11,15H,5-9H2,1-4H3. The number of likely N-dealkylation sites (N-methyl/N-ethyl adjacent to an activating group) is 2. The molecule has 0 aromatic carbocycles. The summed E-state index contributed by atoms with van der Waals surface area (Å²) in [6.07, 6.45) is 0. The lowest BCUT2D eigenvalue weighted by Crippen LogP contribution is -2.48. The van der Waals surface area contributed by atoms with E-state index in [0.717, 1.165) is 43.2 Å². The summed E-state index contributed by atoms with van der Waals surface area (Å²) in [5.41, 5.74) is 1.27. The summed E-state index contributed by atoms with van der Waals surface area (Å²) in [6, 6.07) is 0.374. The Bertz CT molecular complexity index is 423. The van der Waals surface area contributed by atoms with Gasteiger partial charge in [-0.15, -0.1) is 0 Å². The largest absolute Gasteiger partial charge is 0.333 e. The van der Waals surface area contributed by atoms with E-state index in [1.807, 2.05) is 7.05 Å². The first-order chi connectivity index (χ1) is 9.04. The fraction of sp³-hybridized carbons (Fsp3) is 0.769. The molecule has 0 amide bonds. The van der Waals surface area contributed by atoms with Gasteiger partial charge >= 0.3 is 0 Å². The molecule has 2 rings (SSSR count). The van der Waals surface area contributed by atoms with Crippen LogP contribution in [0.1, 0.15) is 17.6 Å². The van der Waals surface area contributed by atoms with Gasteiger partial charge in [0.15, 0.2) is 0 Å². The minimum absolute atomic E-state index is 0.374. The van der Waals surface area contributed by atoms with Gasteiger partial charge in [0.1, 0.15) is 10.4 Å². The van der Waals surface area contributed by atoms with Crippen LogP contribution >= 0.6 is 15.9 Å². The average molecular weight is 330 g/mol. The van der Waals surface area contributed by atoms with E-state index in [9.17, 15) is 0 Å². The van der Waals surface area contributed by atoms with Crippen LogP contribution in [0.15, 0.2) is 4.60 Å². The third kappa shape index (κ3) is 3.18. The summed E-state index contributed by atoms with van der Waals surface area (Å²) in [5.74, 6) is 1.05. The van der Waals surface area contributed by atoms with Crippen LogP contribution in [0.3, 0.4) is 0 Å². The van der Waals surface area contributed by atoms with Crippen LogP contribution < -0.4 is 5.32 Å². The zero-order valence-corrected chi connectivity index (χ0v) is 13.9. The third-order valence-corrected chi connectivity index (χ3v) is 4.59. The Hall–Kier alpha value is -0.430. The van der Waals surface area contributed by atoms with Crippen molar-refractivity contribution in [2.45, 2.75) is 13.0 Å². The van der Waals surface area contributed by atoms with E-state index < -0.39 is 0 Å². The number of aromatic nitrogens is 2. The van der Waals surface area contributed by atoms with Gasteiger partial charge in [0.2, 0.25) is 0 Å². The first-order valence-corrected chi connectivity index (χ1v) is 7.59. The van der Waals surface area contributed by atoms with Crippen LogP contribution in [0.25, 0.3) is 0 Å². The molecular formula is C13H24BrN5. The highest BCUT2D eigenvalue weighted by Crippen LogP contribution is 2.28. The maximum atomic E-state index is 4.54. The molecule has 1 fully saturated rings. The van der Waals surface area contributed by atoms with E-state index in [-0.39, 0.29) is 0 Å². The van der Waals surface area contributed by atoms with E-state index in [0.29, 0.717) is 6.04 Å². The molecule has 1 atom stereocenters. The second kappa shape index (κ2) is 6.35. The zero-order chi connectivity index (χ0) is 14.0. The van der Waals surface area contributed by atoms with Crippen LogP contribution in [0.2, 0.25) is 0 Å². The highest BCUT2D eigenvalue weighted by Gasteiger charge is 2.28. The van der Waals surface area contributed by atoms with Crippen molar-refractivity contribution >= 4 is 15.9 Å². The Balaban J connectivity index is 2.24. The smallest absolute Gasteiger partial charge is 0.129 e. The molecule has 1 aromatic rings. The molecular weight excluding hydrogens is 306 g/mol. The summed E-state index contributed by atoms with van der Waals surface area (Å²) < 4.78 is 3.18. The van der Waals surface area contributed by atoms with Crippen molar-refractivity contribution in [3.8, 4) is 0 Å². The number of rotatable bonds is 4. The predicted molar refractivity (Wildman–Crippen MR) is 81.4 cm³/mol. The van der Waals surface area contributed by atoms with Gasteiger partial charge in [-0.3, -0.25) is 4.90 Å². The lowest BCUT2D eigenvalue weighted by atomic mass is 10.1. The maximum Gasteiger partial charge on any atom is 0.129 e. The number of halogens is 1. The fourth-order valence-corrected chi connectivity index (χ4v) is 3.46. The molecule has 0 bridgehead atoms. The predicted octanol–water partition coefficient (Wildman–Crippen LogP) is 0.999. The van der Waals surface area contributed by atoms with Gasteiger partial charge in [-0.25, -0.2) is 4.98 Å². The van der Waals surface area contributed by atoms with Crippen molar-refractivity contribution in [2.24, 2.45) is 7.05 Å². The number of nitrogens with one attached hydrogen (secondary N) is 1. The first-order valence-electron chi connectivity index (χ1n) is 6.80. The molecule has 1 saturated heterocycles. The Morgan fingerprint density at radius 3 is 2.37 bits per heavy atom. The summed E-state index contributed by atoms with van der Waals surface area (Å²) in [5, 5.41) is 3.32. The molecule has 108 valence electrons. The van der Waals surface area contributed by atoms with Gasteiger partial charge in [-0.1, -0.05) is 0 Å². The van der Waals surface area contributed by atoms with Crippen molar-refractivity contribution in [1.29, 1.82) is 0 Å². The van der Waals surface area contributed by atoms with Crippen LogP contribution in [-0.4, -0.2) is 66.2 Å². The van der Waals surface area contributed by atoms with Crippen molar-refractivity contribution in [1.82, 2.24) is 24.7 Å². The Kier molecular flexibility index (Phi) is 5.00. The van der Waals surface area contributed by atoms with Crippen LogP contribution in [-0.2, 0) is 7.05 Å². The zero-order valence-electron chi connectivity index (χ0n) is 12.3. The lowest BCUT2D eigenvalue weighted by Gasteiger charge is -2.38. The van der Waals surface area contributed by atoms with Crippen LogP contribution in [0.5, 0.6) is 0 Å². The van der Waals surface area contributed by atoms with Gasteiger partial charge in [-0.05, 0) is 36.9 Å². The second-order valence-corrected chi connectivity index (χ2v) is 6.06. The highest BCUT2D eigenvalue weighted by atomic mass is 79.9. The van der Waals surface area contributed by atoms with E-state index >= 15 is 0 Å². The van der Waals surface area contributed by atoms with Gasteiger partial charge in [-0.2, -0.15) is 0 Å². The fourth-order valence-electron chi connectivity index (χ4n) is 2.67. The summed E-state index contributed by atoms with van der Waals surface area (Å²) in [7, 11) is 6.30. The van der Waals surface area contributed by atoms with Crippen molar-refractivity contribution < 1.29 is 0 Å². The summed E-state index contributed by atoms with van der Waals surface area (Å²) in [6.45, 7) is 7.48. The van der Waals surface area contributed by atoms with Crippen LogP contribution in [0, 0.1) is 6.92 Å². The monoisotopic (exact) mass is 329 g/mol. The summed E-state index contributed by atoms with van der Waals surface area (Å²) >= 11 is 3.62. The second-order valence-electron chi connectivity index (χ2n) is 5.31. The highest BCUT2D eigenvalue weighted by molar-refractivity contribution is 9.10. The Morgan fingerprint density at radius 2 is 1.89 bits per heavy atom. The maximum absolute atomic E-state index is 4.54. The minimum Gasteiger partial charge on any atom is -0.333 e. The molecule has 1 aromatic heterocycles. The molecule has 1 aliphatic rings. The first kappa shape index (κ1) is 15.0. The normalized spacial score (nSPS) is 19.8. The number of nitrogens with zero attached hydrogens (tertiary/aromatic N) is 4. The van der Waals surface area contributed by atoms with Gasteiger partial charge in [0, 0.05) is 39.8 Å². The molecule has 0 radical (unpaired) electrons.